The highest BCUT2D eigenvalue weighted by molar-refractivity contribution is 4.94. The monoisotopic (exact) mass is 236 g/mol. The fourth-order valence-electron chi connectivity index (χ4n) is 4.49. The van der Waals surface area contributed by atoms with E-state index in [0.717, 1.165) is 23.9 Å². The Bertz CT molecular complexity index is 245. The molecule has 17 heavy (non-hydrogen) atoms. The van der Waals surface area contributed by atoms with E-state index in [0.29, 0.717) is 0 Å². The minimum atomic E-state index is 0.828. The lowest BCUT2D eigenvalue weighted by Gasteiger charge is -2.50. The minimum absolute atomic E-state index is 0.828. The maximum Gasteiger partial charge on any atom is 0.0249 e. The van der Waals surface area contributed by atoms with Gasteiger partial charge in [-0.3, -0.25) is 4.90 Å². The van der Waals surface area contributed by atoms with Crippen LogP contribution in [0.3, 0.4) is 0 Å². The van der Waals surface area contributed by atoms with Gasteiger partial charge in [0.2, 0.25) is 0 Å². The molecule has 0 aromatic carbocycles. The van der Waals surface area contributed by atoms with Gasteiger partial charge in [-0.15, -0.1) is 0 Å². The zero-order valence-electron chi connectivity index (χ0n) is 11.3. The first-order chi connectivity index (χ1) is 8.36. The lowest BCUT2D eigenvalue weighted by Crippen LogP contribution is -2.58. The molecule has 2 heteroatoms. The topological polar surface area (TPSA) is 15.3 Å². The second kappa shape index (κ2) is 5.27. The summed E-state index contributed by atoms with van der Waals surface area (Å²) in [6, 6.07) is 1.76. The number of likely N-dealkylation sites (tertiary alicyclic amines) is 1. The molecule has 1 N–H and O–H groups in total. The molecular formula is C15H28N2. The van der Waals surface area contributed by atoms with E-state index in [9.17, 15) is 0 Å². The quantitative estimate of drug-likeness (QED) is 0.753. The first-order valence-electron chi connectivity index (χ1n) is 7.82. The van der Waals surface area contributed by atoms with Gasteiger partial charge >= 0.3 is 0 Å². The highest BCUT2D eigenvalue weighted by atomic mass is 15.2. The summed E-state index contributed by atoms with van der Waals surface area (Å²) in [6.07, 6.45) is 10.3. The average Bonchev–Trinajstić information content (AvgIpc) is 2.39. The van der Waals surface area contributed by atoms with E-state index in [-0.39, 0.29) is 0 Å². The summed E-state index contributed by atoms with van der Waals surface area (Å²) in [6.45, 7) is 6.32. The Morgan fingerprint density at radius 3 is 2.65 bits per heavy atom. The predicted octanol–water partition coefficient (Wildman–Crippen LogP) is 2.64. The Morgan fingerprint density at radius 2 is 1.76 bits per heavy atom. The fourth-order valence-corrected chi connectivity index (χ4v) is 4.49. The van der Waals surface area contributed by atoms with E-state index in [1.807, 2.05) is 0 Å². The van der Waals surface area contributed by atoms with Gasteiger partial charge in [-0.05, 0) is 57.0 Å². The van der Waals surface area contributed by atoms with Gasteiger partial charge in [-0.1, -0.05) is 19.8 Å². The van der Waals surface area contributed by atoms with E-state index in [1.165, 1.54) is 64.6 Å². The summed E-state index contributed by atoms with van der Waals surface area (Å²) in [5.41, 5.74) is 0. The van der Waals surface area contributed by atoms with Crippen molar-refractivity contribution < 1.29 is 0 Å². The lowest BCUT2D eigenvalue weighted by molar-refractivity contribution is -0.000208. The summed E-state index contributed by atoms with van der Waals surface area (Å²) in [5, 5.41) is 3.62. The zero-order chi connectivity index (χ0) is 11.7. The van der Waals surface area contributed by atoms with Crippen molar-refractivity contribution in [1.29, 1.82) is 0 Å². The molecule has 3 aliphatic rings. The van der Waals surface area contributed by atoms with Crippen LogP contribution in [-0.2, 0) is 0 Å². The van der Waals surface area contributed by atoms with Crippen LogP contribution in [0.25, 0.3) is 0 Å². The molecule has 2 saturated heterocycles. The molecule has 2 heterocycles. The Labute approximate surface area is 106 Å². The summed E-state index contributed by atoms with van der Waals surface area (Å²) in [4.78, 5) is 2.91. The Morgan fingerprint density at radius 1 is 0.941 bits per heavy atom. The van der Waals surface area contributed by atoms with Crippen molar-refractivity contribution in [2.75, 3.05) is 19.6 Å². The van der Waals surface area contributed by atoms with E-state index >= 15 is 0 Å². The molecule has 0 aromatic rings. The molecule has 0 radical (unpaired) electrons. The van der Waals surface area contributed by atoms with Crippen LogP contribution in [0.5, 0.6) is 0 Å². The van der Waals surface area contributed by atoms with Crippen LogP contribution in [0.2, 0.25) is 0 Å². The first-order valence-corrected chi connectivity index (χ1v) is 7.82. The summed E-state index contributed by atoms with van der Waals surface area (Å²) < 4.78 is 0. The second-order valence-electron chi connectivity index (χ2n) is 6.53. The van der Waals surface area contributed by atoms with Crippen molar-refractivity contribution in [1.82, 2.24) is 10.2 Å². The SMILES string of the molecule is CC1CCNCC1N1CCC[C@H]2CCCC[C@H]21. The lowest BCUT2D eigenvalue weighted by atomic mass is 9.76. The zero-order valence-corrected chi connectivity index (χ0v) is 11.3. The number of nitrogens with zero attached hydrogens (tertiary/aromatic N) is 1. The highest BCUT2D eigenvalue weighted by Crippen LogP contribution is 2.37. The van der Waals surface area contributed by atoms with Crippen LogP contribution in [0, 0.1) is 11.8 Å². The summed E-state index contributed by atoms with van der Waals surface area (Å²) >= 11 is 0. The van der Waals surface area contributed by atoms with E-state index in [1.54, 1.807) is 0 Å². The minimum Gasteiger partial charge on any atom is -0.315 e. The molecule has 2 unspecified atom stereocenters. The van der Waals surface area contributed by atoms with Gasteiger partial charge in [-0.2, -0.15) is 0 Å². The predicted molar refractivity (Wildman–Crippen MR) is 72.1 cm³/mol. The molecule has 1 aliphatic carbocycles. The van der Waals surface area contributed by atoms with Gasteiger partial charge in [0.1, 0.15) is 0 Å². The molecule has 98 valence electrons. The third-order valence-corrected chi connectivity index (χ3v) is 5.50. The normalized spacial score (nSPS) is 44.3. The van der Waals surface area contributed by atoms with Crippen molar-refractivity contribution in [3.05, 3.63) is 0 Å². The van der Waals surface area contributed by atoms with Crippen molar-refractivity contribution in [2.24, 2.45) is 11.8 Å². The molecule has 0 amide bonds. The van der Waals surface area contributed by atoms with Gasteiger partial charge in [0.25, 0.3) is 0 Å². The standard InChI is InChI=1S/C15H28N2/c1-12-8-9-16-11-15(12)17-10-4-6-13-5-2-3-7-14(13)17/h12-16H,2-11H2,1H3/t12?,13-,14-,15?/m1/s1. The molecule has 3 rings (SSSR count). The molecule has 2 nitrogen and oxygen atoms in total. The third-order valence-electron chi connectivity index (χ3n) is 5.50. The first kappa shape index (κ1) is 12.0. The molecule has 0 bridgehead atoms. The van der Waals surface area contributed by atoms with Crippen molar-refractivity contribution in [3.8, 4) is 0 Å². The van der Waals surface area contributed by atoms with Crippen LogP contribution in [0.1, 0.15) is 51.9 Å². The van der Waals surface area contributed by atoms with Crippen molar-refractivity contribution in [3.63, 3.8) is 0 Å². The third kappa shape index (κ3) is 2.39. The largest absolute Gasteiger partial charge is 0.315 e. The molecular weight excluding hydrogens is 208 g/mol. The molecule has 0 aromatic heterocycles. The van der Waals surface area contributed by atoms with Crippen LogP contribution in [0.4, 0.5) is 0 Å². The molecule has 1 saturated carbocycles. The average molecular weight is 236 g/mol. The number of rotatable bonds is 1. The Hall–Kier alpha value is -0.0800. The number of hydrogen-bond acceptors (Lipinski definition) is 2. The van der Waals surface area contributed by atoms with Crippen LogP contribution < -0.4 is 5.32 Å². The molecule has 4 atom stereocenters. The maximum atomic E-state index is 3.62. The van der Waals surface area contributed by atoms with Gasteiger partial charge in [0.15, 0.2) is 0 Å². The number of piperidine rings is 2. The van der Waals surface area contributed by atoms with E-state index < -0.39 is 0 Å². The molecule has 2 aliphatic heterocycles. The number of fused-ring (bicyclic) bond motifs is 1. The van der Waals surface area contributed by atoms with E-state index in [4.69, 9.17) is 0 Å². The van der Waals surface area contributed by atoms with Crippen LogP contribution in [-0.4, -0.2) is 36.6 Å². The van der Waals surface area contributed by atoms with Gasteiger partial charge in [0.05, 0.1) is 0 Å². The number of hydrogen-bond donors (Lipinski definition) is 1. The highest BCUT2D eigenvalue weighted by Gasteiger charge is 2.38. The van der Waals surface area contributed by atoms with Gasteiger partial charge in [-0.25, -0.2) is 0 Å². The number of nitrogens with one attached hydrogen (secondary N) is 1. The van der Waals surface area contributed by atoms with Crippen LogP contribution in [0.15, 0.2) is 0 Å². The second-order valence-corrected chi connectivity index (χ2v) is 6.53. The van der Waals surface area contributed by atoms with Crippen LogP contribution >= 0.6 is 0 Å². The maximum absolute atomic E-state index is 3.62. The fraction of sp³-hybridized carbons (Fsp3) is 1.00. The summed E-state index contributed by atoms with van der Waals surface area (Å²) in [5.74, 6) is 1.93. The Balaban J connectivity index is 1.71. The van der Waals surface area contributed by atoms with Gasteiger partial charge < -0.3 is 5.32 Å². The van der Waals surface area contributed by atoms with Gasteiger partial charge in [0, 0.05) is 18.6 Å². The molecule has 0 spiro atoms. The van der Waals surface area contributed by atoms with Crippen molar-refractivity contribution in [2.45, 2.75) is 64.0 Å². The Kier molecular flexibility index (Phi) is 3.72. The smallest absolute Gasteiger partial charge is 0.0249 e. The molecule has 3 fully saturated rings. The van der Waals surface area contributed by atoms with E-state index in [2.05, 4.69) is 17.1 Å². The van der Waals surface area contributed by atoms with Crippen molar-refractivity contribution >= 4 is 0 Å². The summed E-state index contributed by atoms with van der Waals surface area (Å²) in [7, 11) is 0.